The predicted octanol–water partition coefficient (Wildman–Crippen LogP) is 2.89. The third-order valence-electron chi connectivity index (χ3n) is 5.83. The number of anilines is 1. The van der Waals surface area contributed by atoms with Crippen molar-refractivity contribution in [1.29, 1.82) is 0 Å². The van der Waals surface area contributed by atoms with E-state index in [0.717, 1.165) is 56.0 Å². The van der Waals surface area contributed by atoms with Crippen molar-refractivity contribution in [2.45, 2.75) is 50.9 Å². The molecule has 3 heterocycles. The number of nitrogens with one attached hydrogen (secondary N) is 2. The van der Waals surface area contributed by atoms with Gasteiger partial charge in [-0.25, -0.2) is 9.97 Å². The number of carbonyl (C=O) groups excluding carboxylic acids is 1. The topological polar surface area (TPSA) is 86.8 Å². The molecule has 2 aromatic rings. The smallest absolute Gasteiger partial charge is 0.254 e. The van der Waals surface area contributed by atoms with Crippen LogP contribution in [-0.2, 0) is 0 Å². The molecule has 0 bridgehead atoms. The second-order valence-corrected chi connectivity index (χ2v) is 7.75. The van der Waals surface area contributed by atoms with E-state index in [1.807, 2.05) is 6.07 Å². The Morgan fingerprint density at radius 3 is 2.78 bits per heavy atom. The van der Waals surface area contributed by atoms with Crippen LogP contribution in [0.5, 0.6) is 0 Å². The standard InChI is InChI=1S/C20H28N6O/c27-19(17-13-24-25-18(17)16-7-2-1-3-8-16)23-12-15-6-4-11-26(14-15)20-21-9-5-10-22-20/h5,9-10,13,15-16H,1-4,6-8,11-12,14H2,(H,23,27)(H,24,25)/t15-/m1/s1. The maximum atomic E-state index is 12.8. The van der Waals surface area contributed by atoms with Crippen LogP contribution in [0.3, 0.4) is 0 Å². The lowest BCUT2D eigenvalue weighted by molar-refractivity contribution is 0.0944. The summed E-state index contributed by atoms with van der Waals surface area (Å²) in [7, 11) is 0. The Hall–Kier alpha value is -2.44. The molecule has 7 heteroatoms. The van der Waals surface area contributed by atoms with Crippen LogP contribution in [0.1, 0.15) is 66.9 Å². The summed E-state index contributed by atoms with van der Waals surface area (Å²) in [4.78, 5) is 23.7. The first-order chi connectivity index (χ1) is 13.3. The normalized spacial score (nSPS) is 21.2. The molecule has 2 N–H and O–H groups in total. The van der Waals surface area contributed by atoms with Gasteiger partial charge in [-0.3, -0.25) is 9.89 Å². The largest absolute Gasteiger partial charge is 0.352 e. The van der Waals surface area contributed by atoms with Crippen LogP contribution in [-0.4, -0.2) is 45.7 Å². The zero-order chi connectivity index (χ0) is 18.5. The maximum Gasteiger partial charge on any atom is 0.254 e. The van der Waals surface area contributed by atoms with Gasteiger partial charge in [-0.1, -0.05) is 19.3 Å². The van der Waals surface area contributed by atoms with Crippen molar-refractivity contribution < 1.29 is 4.79 Å². The van der Waals surface area contributed by atoms with E-state index in [1.54, 1.807) is 18.6 Å². The van der Waals surface area contributed by atoms with E-state index in [1.165, 1.54) is 19.3 Å². The Morgan fingerprint density at radius 2 is 1.96 bits per heavy atom. The lowest BCUT2D eigenvalue weighted by Gasteiger charge is -2.32. The Bertz CT molecular complexity index is 740. The molecule has 0 radical (unpaired) electrons. The van der Waals surface area contributed by atoms with E-state index >= 15 is 0 Å². The molecule has 1 aliphatic heterocycles. The van der Waals surface area contributed by atoms with Gasteiger partial charge in [0.2, 0.25) is 5.95 Å². The summed E-state index contributed by atoms with van der Waals surface area (Å²) in [6.45, 7) is 2.53. The van der Waals surface area contributed by atoms with Gasteiger partial charge in [0.05, 0.1) is 17.5 Å². The number of nitrogens with zero attached hydrogens (tertiary/aromatic N) is 4. The van der Waals surface area contributed by atoms with Gasteiger partial charge in [0.1, 0.15) is 0 Å². The minimum Gasteiger partial charge on any atom is -0.352 e. The summed E-state index contributed by atoms with van der Waals surface area (Å²) in [5, 5.41) is 10.4. The molecular weight excluding hydrogens is 340 g/mol. The molecule has 4 rings (SSSR count). The van der Waals surface area contributed by atoms with Gasteiger partial charge in [-0.05, 0) is 37.7 Å². The van der Waals surface area contributed by atoms with Gasteiger partial charge in [0.15, 0.2) is 0 Å². The van der Waals surface area contributed by atoms with Crippen molar-refractivity contribution in [3.05, 3.63) is 35.9 Å². The molecule has 1 saturated heterocycles. The molecule has 7 nitrogen and oxygen atoms in total. The highest BCUT2D eigenvalue weighted by Crippen LogP contribution is 2.33. The number of amides is 1. The maximum absolute atomic E-state index is 12.8. The van der Waals surface area contributed by atoms with Crippen LogP contribution in [0.2, 0.25) is 0 Å². The lowest BCUT2D eigenvalue weighted by atomic mass is 9.85. The minimum atomic E-state index is -0.00240. The molecule has 1 saturated carbocycles. The highest BCUT2D eigenvalue weighted by atomic mass is 16.1. The summed E-state index contributed by atoms with van der Waals surface area (Å²) in [5.74, 6) is 1.64. The molecule has 1 aliphatic carbocycles. The van der Waals surface area contributed by atoms with E-state index in [4.69, 9.17) is 0 Å². The number of aromatic amines is 1. The van der Waals surface area contributed by atoms with Gasteiger partial charge >= 0.3 is 0 Å². The average molecular weight is 368 g/mol. The Kier molecular flexibility index (Phi) is 5.65. The van der Waals surface area contributed by atoms with Crippen LogP contribution in [0.25, 0.3) is 0 Å². The predicted molar refractivity (Wildman–Crippen MR) is 104 cm³/mol. The molecule has 1 atom stereocenters. The fraction of sp³-hybridized carbons (Fsp3) is 0.600. The molecule has 1 amide bonds. The second-order valence-electron chi connectivity index (χ2n) is 7.75. The number of hydrogen-bond acceptors (Lipinski definition) is 5. The molecular formula is C20H28N6O. The fourth-order valence-corrected chi connectivity index (χ4v) is 4.38. The first kappa shape index (κ1) is 17.9. The number of carbonyl (C=O) groups is 1. The third kappa shape index (κ3) is 4.28. The van der Waals surface area contributed by atoms with Crippen LogP contribution in [0.4, 0.5) is 5.95 Å². The van der Waals surface area contributed by atoms with Gasteiger partial charge in [-0.2, -0.15) is 5.10 Å². The SMILES string of the molecule is O=C(NC[C@H]1CCCN(c2ncccn2)C1)c1cn[nH]c1C1CCCCC1. The van der Waals surface area contributed by atoms with Crippen LogP contribution in [0.15, 0.2) is 24.7 Å². The van der Waals surface area contributed by atoms with Crippen LogP contribution in [0, 0.1) is 5.92 Å². The van der Waals surface area contributed by atoms with Crippen molar-refractivity contribution in [3.63, 3.8) is 0 Å². The summed E-state index contributed by atoms with van der Waals surface area (Å²) < 4.78 is 0. The fourth-order valence-electron chi connectivity index (χ4n) is 4.38. The molecule has 27 heavy (non-hydrogen) atoms. The number of H-pyrrole nitrogens is 1. The second kappa shape index (κ2) is 8.50. The van der Waals surface area contributed by atoms with Crippen molar-refractivity contribution in [1.82, 2.24) is 25.5 Å². The number of piperidine rings is 1. The monoisotopic (exact) mass is 368 g/mol. The molecule has 2 fully saturated rings. The van der Waals surface area contributed by atoms with E-state index in [2.05, 4.69) is 30.4 Å². The number of rotatable bonds is 5. The van der Waals surface area contributed by atoms with E-state index < -0.39 is 0 Å². The Balaban J connectivity index is 1.33. The van der Waals surface area contributed by atoms with E-state index in [9.17, 15) is 4.79 Å². The van der Waals surface area contributed by atoms with Gasteiger partial charge in [0, 0.05) is 37.9 Å². The van der Waals surface area contributed by atoms with Crippen LogP contribution < -0.4 is 10.2 Å². The summed E-state index contributed by atoms with van der Waals surface area (Å²) in [6.07, 6.45) is 13.5. The summed E-state index contributed by atoms with van der Waals surface area (Å²) in [6, 6.07) is 1.83. The molecule has 2 aromatic heterocycles. The van der Waals surface area contributed by atoms with Crippen LogP contribution >= 0.6 is 0 Å². The number of aromatic nitrogens is 4. The van der Waals surface area contributed by atoms with Gasteiger partial charge < -0.3 is 10.2 Å². The first-order valence-electron chi connectivity index (χ1n) is 10.1. The summed E-state index contributed by atoms with van der Waals surface area (Å²) >= 11 is 0. The van der Waals surface area contributed by atoms with Crippen molar-refractivity contribution in [2.75, 3.05) is 24.5 Å². The average Bonchev–Trinajstić information content (AvgIpc) is 3.24. The number of hydrogen-bond donors (Lipinski definition) is 2. The Labute approximate surface area is 160 Å². The van der Waals surface area contributed by atoms with Gasteiger partial charge in [0.25, 0.3) is 5.91 Å². The first-order valence-corrected chi connectivity index (χ1v) is 10.1. The molecule has 144 valence electrons. The third-order valence-corrected chi connectivity index (χ3v) is 5.83. The quantitative estimate of drug-likeness (QED) is 0.847. The Morgan fingerprint density at radius 1 is 1.15 bits per heavy atom. The van der Waals surface area contributed by atoms with E-state index in [-0.39, 0.29) is 5.91 Å². The molecule has 0 spiro atoms. The molecule has 0 aromatic carbocycles. The van der Waals surface area contributed by atoms with E-state index in [0.29, 0.717) is 18.4 Å². The van der Waals surface area contributed by atoms with Crippen molar-refractivity contribution in [2.24, 2.45) is 5.92 Å². The van der Waals surface area contributed by atoms with Crippen molar-refractivity contribution >= 4 is 11.9 Å². The highest BCUT2D eigenvalue weighted by molar-refractivity contribution is 5.95. The minimum absolute atomic E-state index is 0.00240. The van der Waals surface area contributed by atoms with Gasteiger partial charge in [-0.15, -0.1) is 0 Å². The highest BCUT2D eigenvalue weighted by Gasteiger charge is 2.25. The lowest BCUT2D eigenvalue weighted by Crippen LogP contribution is -2.41. The van der Waals surface area contributed by atoms with Crippen molar-refractivity contribution in [3.8, 4) is 0 Å². The molecule has 2 aliphatic rings. The molecule has 0 unspecified atom stereocenters. The zero-order valence-corrected chi connectivity index (χ0v) is 15.7. The summed E-state index contributed by atoms with van der Waals surface area (Å²) in [5.41, 5.74) is 1.75. The zero-order valence-electron chi connectivity index (χ0n) is 15.7.